The molecule has 7 heteroatoms. The van der Waals surface area contributed by atoms with Crippen molar-refractivity contribution in [3.05, 3.63) is 24.3 Å². The summed E-state index contributed by atoms with van der Waals surface area (Å²) in [5.74, 6) is 0.712. The van der Waals surface area contributed by atoms with Crippen molar-refractivity contribution < 1.29 is 5.11 Å². The Balaban J connectivity index is 0.00000144. The molecule has 0 bridgehead atoms. The van der Waals surface area contributed by atoms with E-state index in [2.05, 4.69) is 25.3 Å². The van der Waals surface area contributed by atoms with Gasteiger partial charge in [0.15, 0.2) is 11.5 Å². The zero-order chi connectivity index (χ0) is 11.4. The number of aromatic nitrogens is 4. The summed E-state index contributed by atoms with van der Waals surface area (Å²) in [6.45, 7) is 2.55. The van der Waals surface area contributed by atoms with Crippen LogP contribution in [0.4, 0.5) is 5.82 Å². The largest absolute Gasteiger partial charge is 0.392 e. The van der Waals surface area contributed by atoms with Gasteiger partial charge >= 0.3 is 0 Å². The summed E-state index contributed by atoms with van der Waals surface area (Å²) < 4.78 is 0. The number of hydrogen-bond donors (Lipinski definition) is 3. The van der Waals surface area contributed by atoms with E-state index in [0.717, 1.165) is 11.1 Å². The van der Waals surface area contributed by atoms with E-state index in [1.165, 1.54) is 6.33 Å². The maximum Gasteiger partial charge on any atom is 0.182 e. The summed E-state index contributed by atoms with van der Waals surface area (Å²) in [5.41, 5.74) is 2.35. The lowest BCUT2D eigenvalue weighted by Crippen LogP contribution is -2.03. The number of rotatable bonds is 4. The first-order valence-corrected chi connectivity index (χ1v) is 4.95. The van der Waals surface area contributed by atoms with Gasteiger partial charge in [-0.25, -0.2) is 15.0 Å². The zero-order valence-electron chi connectivity index (χ0n) is 9.34. The molecule has 6 nitrogen and oxygen atoms in total. The fourth-order valence-corrected chi connectivity index (χ4v) is 1.29. The molecule has 0 aromatic carbocycles. The van der Waals surface area contributed by atoms with Gasteiger partial charge in [-0.3, -0.25) is 0 Å². The average molecular weight is 256 g/mol. The molecular weight excluding hydrogens is 242 g/mol. The lowest BCUT2D eigenvalue weighted by molar-refractivity contribution is 0.331. The highest BCUT2D eigenvalue weighted by Crippen LogP contribution is 2.13. The van der Waals surface area contributed by atoms with Crippen molar-refractivity contribution in [3.63, 3.8) is 0 Å². The van der Waals surface area contributed by atoms with E-state index >= 15 is 0 Å². The number of imidazole rings is 1. The van der Waals surface area contributed by atoms with Crippen LogP contribution >= 0.6 is 12.4 Å². The standard InChI is InChI=1S/C10H13N5O.ClH/c1-7(4-16)2-3-11-9-8-10(13-5-12-8)15-6-14-9;/h2,5-6,16H,3-4H2,1H3,(H2,11,12,13,14,15);1H/b7-2+;. The van der Waals surface area contributed by atoms with Crippen LogP contribution in [0.5, 0.6) is 0 Å². The Morgan fingerprint density at radius 2 is 2.29 bits per heavy atom. The van der Waals surface area contributed by atoms with Crippen LogP contribution in [0.15, 0.2) is 24.3 Å². The molecular formula is C10H14ClN5O. The maximum atomic E-state index is 8.83. The number of hydrogen-bond acceptors (Lipinski definition) is 5. The van der Waals surface area contributed by atoms with Gasteiger partial charge in [0, 0.05) is 6.54 Å². The third kappa shape index (κ3) is 3.15. The van der Waals surface area contributed by atoms with E-state index in [-0.39, 0.29) is 19.0 Å². The Morgan fingerprint density at radius 1 is 1.47 bits per heavy atom. The highest BCUT2D eigenvalue weighted by molar-refractivity contribution is 5.85. The van der Waals surface area contributed by atoms with Crippen LogP contribution < -0.4 is 5.32 Å². The normalized spacial score (nSPS) is 11.3. The van der Waals surface area contributed by atoms with E-state index < -0.39 is 0 Å². The summed E-state index contributed by atoms with van der Waals surface area (Å²) in [6.07, 6.45) is 4.96. The molecule has 17 heavy (non-hydrogen) atoms. The second kappa shape index (κ2) is 6.17. The minimum absolute atomic E-state index is 0. The van der Waals surface area contributed by atoms with Crippen molar-refractivity contribution in [3.8, 4) is 0 Å². The lowest BCUT2D eigenvalue weighted by Gasteiger charge is -2.03. The Bertz CT molecular complexity index is 510. The molecule has 0 fully saturated rings. The summed E-state index contributed by atoms with van der Waals surface area (Å²) >= 11 is 0. The van der Waals surface area contributed by atoms with Crippen LogP contribution in [0.2, 0.25) is 0 Å². The Kier molecular flexibility index (Phi) is 4.86. The average Bonchev–Trinajstić information content (AvgIpc) is 2.77. The first kappa shape index (κ1) is 13.4. The molecule has 0 saturated carbocycles. The summed E-state index contributed by atoms with van der Waals surface area (Å²) in [7, 11) is 0. The molecule has 0 aliphatic carbocycles. The fourth-order valence-electron chi connectivity index (χ4n) is 1.29. The van der Waals surface area contributed by atoms with Gasteiger partial charge in [-0.1, -0.05) is 11.6 Å². The van der Waals surface area contributed by atoms with Gasteiger partial charge in [0.05, 0.1) is 12.9 Å². The monoisotopic (exact) mass is 255 g/mol. The molecule has 3 N–H and O–H groups in total. The number of nitrogens with one attached hydrogen (secondary N) is 2. The first-order chi connectivity index (χ1) is 7.81. The predicted octanol–water partition coefficient (Wildman–Crippen LogP) is 1.13. The van der Waals surface area contributed by atoms with Crippen LogP contribution in [0.1, 0.15) is 6.92 Å². The summed E-state index contributed by atoms with van der Waals surface area (Å²) in [4.78, 5) is 15.1. The smallest absolute Gasteiger partial charge is 0.182 e. The van der Waals surface area contributed by atoms with Gasteiger partial charge in [-0.2, -0.15) is 0 Å². The van der Waals surface area contributed by atoms with Gasteiger partial charge in [0.2, 0.25) is 0 Å². The third-order valence-electron chi connectivity index (χ3n) is 2.19. The lowest BCUT2D eigenvalue weighted by atomic mass is 10.3. The second-order valence-electron chi connectivity index (χ2n) is 3.41. The number of aromatic amines is 1. The molecule has 0 spiro atoms. The molecule has 0 aliphatic rings. The van der Waals surface area contributed by atoms with Crippen molar-refractivity contribution in [2.75, 3.05) is 18.5 Å². The zero-order valence-corrected chi connectivity index (χ0v) is 10.2. The number of halogens is 1. The van der Waals surface area contributed by atoms with Crippen molar-refractivity contribution in [2.24, 2.45) is 0 Å². The van der Waals surface area contributed by atoms with Crippen LogP contribution in [-0.4, -0.2) is 38.2 Å². The van der Waals surface area contributed by atoms with Crippen LogP contribution in [-0.2, 0) is 0 Å². The molecule has 0 amide bonds. The van der Waals surface area contributed by atoms with Crippen molar-refractivity contribution in [2.45, 2.75) is 6.92 Å². The molecule has 2 heterocycles. The van der Waals surface area contributed by atoms with Gasteiger partial charge in [0.25, 0.3) is 0 Å². The van der Waals surface area contributed by atoms with Crippen molar-refractivity contribution >= 4 is 29.4 Å². The first-order valence-electron chi connectivity index (χ1n) is 4.95. The maximum absolute atomic E-state index is 8.83. The SMILES string of the molecule is C/C(=C\CNc1ncnc2nc[nH]c12)CO.Cl. The summed E-state index contributed by atoms with van der Waals surface area (Å²) in [5, 5.41) is 12.0. The highest BCUT2D eigenvalue weighted by Gasteiger charge is 2.03. The minimum Gasteiger partial charge on any atom is -0.392 e. The van der Waals surface area contributed by atoms with Crippen LogP contribution in [0.3, 0.4) is 0 Å². The van der Waals surface area contributed by atoms with E-state index in [1.807, 2.05) is 13.0 Å². The Morgan fingerprint density at radius 3 is 3.06 bits per heavy atom. The predicted molar refractivity (Wildman–Crippen MR) is 68.3 cm³/mol. The van der Waals surface area contributed by atoms with Gasteiger partial charge < -0.3 is 15.4 Å². The number of nitrogens with zero attached hydrogens (tertiary/aromatic N) is 3. The molecule has 0 aliphatic heterocycles. The van der Waals surface area contributed by atoms with Gasteiger partial charge in [-0.05, 0) is 6.92 Å². The summed E-state index contributed by atoms with van der Waals surface area (Å²) in [6, 6.07) is 0. The van der Waals surface area contributed by atoms with Gasteiger partial charge in [-0.15, -0.1) is 12.4 Å². The molecule has 0 atom stereocenters. The highest BCUT2D eigenvalue weighted by atomic mass is 35.5. The van der Waals surface area contributed by atoms with Crippen LogP contribution in [0, 0.1) is 0 Å². The number of aliphatic hydroxyl groups is 1. The van der Waals surface area contributed by atoms with Crippen molar-refractivity contribution in [1.82, 2.24) is 19.9 Å². The topological polar surface area (TPSA) is 86.7 Å². The molecule has 0 unspecified atom stereocenters. The quantitative estimate of drug-likeness (QED) is 0.713. The molecule has 92 valence electrons. The van der Waals surface area contributed by atoms with Gasteiger partial charge in [0.1, 0.15) is 11.8 Å². The molecule has 0 radical (unpaired) electrons. The number of anilines is 1. The molecule has 0 saturated heterocycles. The fraction of sp³-hybridized carbons (Fsp3) is 0.300. The number of aliphatic hydroxyl groups excluding tert-OH is 1. The molecule has 2 aromatic rings. The Hall–Kier alpha value is -1.66. The number of fused-ring (bicyclic) bond motifs is 1. The number of H-pyrrole nitrogens is 1. The van der Waals surface area contributed by atoms with E-state index in [4.69, 9.17) is 5.11 Å². The second-order valence-corrected chi connectivity index (χ2v) is 3.41. The Labute approximate surface area is 105 Å². The van der Waals surface area contributed by atoms with E-state index in [1.54, 1.807) is 6.33 Å². The van der Waals surface area contributed by atoms with Crippen LogP contribution in [0.25, 0.3) is 11.2 Å². The third-order valence-corrected chi connectivity index (χ3v) is 2.19. The van der Waals surface area contributed by atoms with E-state index in [0.29, 0.717) is 18.0 Å². The van der Waals surface area contributed by atoms with E-state index in [9.17, 15) is 0 Å². The molecule has 2 rings (SSSR count). The van der Waals surface area contributed by atoms with Crippen molar-refractivity contribution in [1.29, 1.82) is 0 Å². The molecule has 2 aromatic heterocycles. The minimum atomic E-state index is 0.